The Morgan fingerprint density at radius 3 is 1.89 bits per heavy atom. The van der Waals surface area contributed by atoms with E-state index >= 15 is 0 Å². The van der Waals surface area contributed by atoms with Crippen molar-refractivity contribution in [3.8, 4) is 0 Å². The lowest BCUT2D eigenvalue weighted by molar-refractivity contribution is -0.134. The van der Waals surface area contributed by atoms with Gasteiger partial charge < -0.3 is 15.5 Å². The molecule has 0 amide bonds. The molecule has 0 aromatic rings. The lowest BCUT2D eigenvalue weighted by Gasteiger charge is -2.06. The van der Waals surface area contributed by atoms with Crippen molar-refractivity contribution < 1.29 is 19.8 Å². The minimum atomic E-state index is -1.26. The first-order chi connectivity index (χ1) is 8.29. The number of carboxylic acids is 2. The number of hydrogen-bond acceptors (Lipinski definition) is 3. The summed E-state index contributed by atoms with van der Waals surface area (Å²) in [6.07, 6.45) is 5.84. The zero-order chi connectivity index (χ0) is 14.6. The summed E-state index contributed by atoms with van der Waals surface area (Å²) in [5.74, 6) is -2.51. The summed E-state index contributed by atoms with van der Waals surface area (Å²) in [4.78, 5) is 19.1. The molecular formula is C13H23NO4. The van der Waals surface area contributed by atoms with Crippen molar-refractivity contribution >= 4 is 11.9 Å². The van der Waals surface area contributed by atoms with Crippen molar-refractivity contribution in [2.24, 2.45) is 0 Å². The van der Waals surface area contributed by atoms with Crippen LogP contribution in [0.15, 0.2) is 23.8 Å². The molecule has 0 saturated heterocycles. The van der Waals surface area contributed by atoms with E-state index in [9.17, 15) is 9.59 Å². The van der Waals surface area contributed by atoms with Gasteiger partial charge in [0.25, 0.3) is 0 Å². The molecule has 0 heterocycles. The van der Waals surface area contributed by atoms with E-state index in [0.717, 1.165) is 0 Å². The molecule has 0 aromatic heterocycles. The van der Waals surface area contributed by atoms with Crippen LogP contribution in [0.4, 0.5) is 0 Å². The van der Waals surface area contributed by atoms with Gasteiger partial charge in [0.05, 0.1) is 0 Å². The van der Waals surface area contributed by atoms with Gasteiger partial charge in [-0.05, 0) is 40.7 Å². The number of hydrogen-bond donors (Lipinski definition) is 3. The fourth-order valence-corrected chi connectivity index (χ4v) is 0.909. The van der Waals surface area contributed by atoms with Crippen LogP contribution >= 0.6 is 0 Å². The van der Waals surface area contributed by atoms with Crippen molar-refractivity contribution in [3.63, 3.8) is 0 Å². The van der Waals surface area contributed by atoms with Crippen LogP contribution in [-0.4, -0.2) is 35.2 Å². The Bertz CT molecular complexity index is 288. The van der Waals surface area contributed by atoms with Gasteiger partial charge in [0.2, 0.25) is 0 Å². The van der Waals surface area contributed by atoms with E-state index in [2.05, 4.69) is 32.2 Å². The Labute approximate surface area is 108 Å². The third-order valence-corrected chi connectivity index (χ3v) is 2.01. The van der Waals surface area contributed by atoms with E-state index in [1.165, 1.54) is 18.4 Å². The van der Waals surface area contributed by atoms with E-state index in [1.807, 2.05) is 7.05 Å². The van der Waals surface area contributed by atoms with E-state index in [-0.39, 0.29) is 0 Å². The predicted molar refractivity (Wildman–Crippen MR) is 71.6 cm³/mol. The highest BCUT2D eigenvalue weighted by molar-refractivity contribution is 5.89. The third-order valence-electron chi connectivity index (χ3n) is 2.01. The maximum Gasteiger partial charge on any atom is 0.328 e. The van der Waals surface area contributed by atoms with Gasteiger partial charge >= 0.3 is 11.9 Å². The quantitative estimate of drug-likeness (QED) is 0.501. The average Bonchev–Trinajstić information content (AvgIpc) is 2.26. The second kappa shape index (κ2) is 11.9. The number of nitrogens with one attached hydrogen (secondary N) is 1. The second-order valence-corrected chi connectivity index (χ2v) is 4.06. The first-order valence-corrected chi connectivity index (χ1v) is 5.74. The Balaban J connectivity index is 0. The summed E-state index contributed by atoms with van der Waals surface area (Å²) >= 11 is 0. The van der Waals surface area contributed by atoms with Crippen LogP contribution in [0.1, 0.15) is 33.6 Å². The fourth-order valence-electron chi connectivity index (χ4n) is 0.909. The lowest BCUT2D eigenvalue weighted by Crippen LogP contribution is -2.20. The molecule has 18 heavy (non-hydrogen) atoms. The Kier molecular flexibility index (Phi) is 12.3. The number of carbonyl (C=O) groups is 2. The molecule has 1 atom stereocenters. The van der Waals surface area contributed by atoms with Crippen LogP contribution in [0.5, 0.6) is 0 Å². The zero-order valence-electron chi connectivity index (χ0n) is 11.4. The molecule has 5 heteroatoms. The summed E-state index contributed by atoms with van der Waals surface area (Å²) in [6, 6.07) is 0.649. The highest BCUT2D eigenvalue weighted by Crippen LogP contribution is 1.99. The third kappa shape index (κ3) is 19.9. The monoisotopic (exact) mass is 257 g/mol. The smallest absolute Gasteiger partial charge is 0.328 e. The van der Waals surface area contributed by atoms with Crippen molar-refractivity contribution in [2.75, 3.05) is 7.05 Å². The van der Waals surface area contributed by atoms with Crippen LogP contribution in [0.25, 0.3) is 0 Å². The second-order valence-electron chi connectivity index (χ2n) is 4.06. The van der Waals surface area contributed by atoms with Gasteiger partial charge in [-0.15, -0.1) is 0 Å². The minimum absolute atomic E-state index is 0.558. The van der Waals surface area contributed by atoms with Crippen LogP contribution in [0, 0.1) is 0 Å². The molecule has 5 nitrogen and oxygen atoms in total. The van der Waals surface area contributed by atoms with Crippen LogP contribution in [-0.2, 0) is 9.59 Å². The molecule has 3 N–H and O–H groups in total. The van der Waals surface area contributed by atoms with Crippen molar-refractivity contribution in [2.45, 2.75) is 39.7 Å². The summed E-state index contributed by atoms with van der Waals surface area (Å²) in [6.45, 7) is 6.49. The number of aliphatic carboxylic acids is 2. The van der Waals surface area contributed by atoms with Crippen molar-refractivity contribution in [1.29, 1.82) is 0 Å². The van der Waals surface area contributed by atoms with Crippen LogP contribution < -0.4 is 5.32 Å². The Hall–Kier alpha value is -1.62. The molecule has 0 aliphatic rings. The summed E-state index contributed by atoms with van der Waals surface area (Å²) in [7, 11) is 2.01. The maximum atomic E-state index is 9.55. The normalized spacial score (nSPS) is 11.3. The molecule has 0 bridgehead atoms. The lowest BCUT2D eigenvalue weighted by atomic mass is 10.1. The van der Waals surface area contributed by atoms with Crippen LogP contribution in [0.3, 0.4) is 0 Å². The van der Waals surface area contributed by atoms with Crippen molar-refractivity contribution in [1.82, 2.24) is 5.32 Å². The standard InChI is InChI=1S/C9H19N.C4H4O4/c1-8(2)6-5-7-9(3)10-4;5-3(6)1-2-4(7)8/h6,9-10H,5,7H2,1-4H3;1-2H,(H,5,6)(H,7,8)/b;2-1-. The van der Waals surface area contributed by atoms with E-state index in [1.54, 1.807) is 0 Å². The minimum Gasteiger partial charge on any atom is -0.478 e. The van der Waals surface area contributed by atoms with Gasteiger partial charge in [-0.2, -0.15) is 0 Å². The number of carboxylic acid groups (broad SMARTS) is 2. The average molecular weight is 257 g/mol. The highest BCUT2D eigenvalue weighted by atomic mass is 16.4. The van der Waals surface area contributed by atoms with Gasteiger partial charge in [-0.3, -0.25) is 0 Å². The molecule has 0 spiro atoms. The molecule has 0 aliphatic carbocycles. The SMILES string of the molecule is CNC(C)CCC=C(C)C.O=C(O)/C=C\C(=O)O. The number of allylic oxidation sites excluding steroid dienone is 2. The molecule has 0 fully saturated rings. The summed E-state index contributed by atoms with van der Waals surface area (Å²) < 4.78 is 0. The van der Waals surface area contributed by atoms with E-state index < -0.39 is 11.9 Å². The molecular weight excluding hydrogens is 234 g/mol. The van der Waals surface area contributed by atoms with Gasteiger partial charge in [0, 0.05) is 18.2 Å². The summed E-state index contributed by atoms with van der Waals surface area (Å²) in [5.41, 5.74) is 1.42. The molecule has 0 rings (SSSR count). The predicted octanol–water partition coefficient (Wildman–Crippen LogP) is 2.05. The molecule has 0 saturated carbocycles. The molecule has 104 valence electrons. The van der Waals surface area contributed by atoms with Gasteiger partial charge in [0.15, 0.2) is 0 Å². The zero-order valence-corrected chi connectivity index (χ0v) is 11.4. The molecule has 0 aromatic carbocycles. The van der Waals surface area contributed by atoms with Gasteiger partial charge in [-0.1, -0.05) is 11.6 Å². The number of rotatable bonds is 6. The Morgan fingerprint density at radius 1 is 1.17 bits per heavy atom. The van der Waals surface area contributed by atoms with Gasteiger partial charge in [-0.25, -0.2) is 9.59 Å². The molecule has 1 unspecified atom stereocenters. The topological polar surface area (TPSA) is 86.6 Å². The largest absolute Gasteiger partial charge is 0.478 e. The molecule has 0 radical (unpaired) electrons. The first-order valence-electron chi connectivity index (χ1n) is 5.74. The maximum absolute atomic E-state index is 9.55. The van der Waals surface area contributed by atoms with E-state index in [0.29, 0.717) is 18.2 Å². The van der Waals surface area contributed by atoms with Crippen molar-refractivity contribution in [3.05, 3.63) is 23.8 Å². The van der Waals surface area contributed by atoms with Gasteiger partial charge in [0.1, 0.15) is 0 Å². The first kappa shape index (κ1) is 18.7. The van der Waals surface area contributed by atoms with Crippen LogP contribution in [0.2, 0.25) is 0 Å². The highest BCUT2D eigenvalue weighted by Gasteiger charge is 1.93. The fraction of sp³-hybridized carbons (Fsp3) is 0.538. The Morgan fingerprint density at radius 2 is 1.61 bits per heavy atom. The van der Waals surface area contributed by atoms with E-state index in [4.69, 9.17) is 10.2 Å². The summed E-state index contributed by atoms with van der Waals surface area (Å²) in [5, 5.41) is 18.8. The molecule has 0 aliphatic heterocycles.